The molecular formula is C13H15ClN2O5. The van der Waals surface area contributed by atoms with E-state index in [4.69, 9.17) is 16.3 Å². The standard InChI is InChI=1S/C13H15ClN2O5/c1-13(2,3)21-12(18)15-11(7-17)9-6-8(16(19)20)4-5-10(9)14/h4-7,11H,1-3H3,(H,15,18). The van der Waals surface area contributed by atoms with E-state index in [1.54, 1.807) is 20.8 Å². The molecule has 0 fully saturated rings. The van der Waals surface area contributed by atoms with Crippen LogP contribution in [0.15, 0.2) is 18.2 Å². The van der Waals surface area contributed by atoms with Crippen LogP contribution in [0, 0.1) is 10.1 Å². The fraction of sp³-hybridized carbons (Fsp3) is 0.385. The van der Waals surface area contributed by atoms with E-state index in [2.05, 4.69) is 5.32 Å². The van der Waals surface area contributed by atoms with Crippen molar-refractivity contribution in [1.82, 2.24) is 5.32 Å². The Bertz CT molecular complexity index is 568. The van der Waals surface area contributed by atoms with Crippen molar-refractivity contribution in [1.29, 1.82) is 0 Å². The fourth-order valence-corrected chi connectivity index (χ4v) is 1.74. The second-order valence-corrected chi connectivity index (χ2v) is 5.63. The summed E-state index contributed by atoms with van der Waals surface area (Å²) in [6, 6.07) is 2.51. The smallest absolute Gasteiger partial charge is 0.408 e. The Hall–Kier alpha value is -2.15. The number of benzene rings is 1. The second kappa shape index (κ2) is 6.53. The molecule has 21 heavy (non-hydrogen) atoms. The maximum Gasteiger partial charge on any atom is 0.408 e. The van der Waals surface area contributed by atoms with Crippen LogP contribution >= 0.6 is 11.6 Å². The number of hydrogen-bond acceptors (Lipinski definition) is 5. The van der Waals surface area contributed by atoms with Gasteiger partial charge in [-0.25, -0.2) is 4.79 Å². The number of nitro benzene ring substituents is 1. The van der Waals surface area contributed by atoms with Gasteiger partial charge in [-0.05, 0) is 26.8 Å². The van der Waals surface area contributed by atoms with Gasteiger partial charge in [-0.3, -0.25) is 10.1 Å². The second-order valence-electron chi connectivity index (χ2n) is 5.22. The summed E-state index contributed by atoms with van der Waals surface area (Å²) in [5.41, 5.74) is -0.830. The third kappa shape index (κ3) is 5.03. The number of carbonyl (C=O) groups excluding carboxylic acids is 2. The number of halogens is 1. The Balaban J connectivity index is 3.00. The van der Waals surface area contributed by atoms with Crippen molar-refractivity contribution in [3.8, 4) is 0 Å². The van der Waals surface area contributed by atoms with Crippen molar-refractivity contribution < 1.29 is 19.2 Å². The molecule has 0 aromatic heterocycles. The number of ether oxygens (including phenoxy) is 1. The van der Waals surface area contributed by atoms with Gasteiger partial charge in [0.25, 0.3) is 5.69 Å². The monoisotopic (exact) mass is 314 g/mol. The van der Waals surface area contributed by atoms with Crippen LogP contribution < -0.4 is 5.32 Å². The molecule has 0 aliphatic heterocycles. The van der Waals surface area contributed by atoms with Crippen molar-refractivity contribution in [2.45, 2.75) is 32.4 Å². The number of carbonyl (C=O) groups is 2. The van der Waals surface area contributed by atoms with Crippen LogP contribution in [0.1, 0.15) is 32.4 Å². The highest BCUT2D eigenvalue weighted by atomic mass is 35.5. The van der Waals surface area contributed by atoms with Crippen LogP contribution in [0.2, 0.25) is 5.02 Å². The van der Waals surface area contributed by atoms with Crippen LogP contribution in [0.3, 0.4) is 0 Å². The van der Waals surface area contributed by atoms with Crippen molar-refractivity contribution in [2.24, 2.45) is 0 Å². The molecule has 0 aliphatic carbocycles. The molecule has 1 aromatic carbocycles. The Kier molecular flexibility index (Phi) is 5.26. The average Bonchev–Trinajstić information content (AvgIpc) is 2.34. The first-order valence-electron chi connectivity index (χ1n) is 6.02. The number of amides is 1. The lowest BCUT2D eigenvalue weighted by molar-refractivity contribution is -0.384. The molecule has 0 heterocycles. The summed E-state index contributed by atoms with van der Waals surface area (Å²) in [4.78, 5) is 32.9. The molecule has 7 nitrogen and oxygen atoms in total. The van der Waals surface area contributed by atoms with Crippen molar-refractivity contribution in [3.05, 3.63) is 38.9 Å². The van der Waals surface area contributed by atoms with Crippen molar-refractivity contribution in [2.75, 3.05) is 0 Å². The Morgan fingerprint density at radius 3 is 2.57 bits per heavy atom. The molecular weight excluding hydrogens is 300 g/mol. The molecule has 114 valence electrons. The third-order valence-corrected chi connectivity index (χ3v) is 2.68. The number of nitro groups is 1. The minimum Gasteiger partial charge on any atom is -0.444 e. The predicted molar refractivity (Wildman–Crippen MR) is 76.3 cm³/mol. The Morgan fingerprint density at radius 1 is 1.48 bits per heavy atom. The molecule has 1 rings (SSSR count). The van der Waals surface area contributed by atoms with Gasteiger partial charge in [0.1, 0.15) is 17.9 Å². The maximum atomic E-state index is 11.7. The minimum atomic E-state index is -1.13. The number of nitrogens with zero attached hydrogens (tertiary/aromatic N) is 1. The summed E-state index contributed by atoms with van der Waals surface area (Å²) in [7, 11) is 0. The average molecular weight is 315 g/mol. The normalized spacial score (nSPS) is 12.4. The van der Waals surface area contributed by atoms with E-state index >= 15 is 0 Å². The van der Waals surface area contributed by atoms with Gasteiger partial charge in [0.15, 0.2) is 0 Å². The number of alkyl carbamates (subject to hydrolysis) is 1. The number of nitrogens with one attached hydrogen (secondary N) is 1. The highest BCUT2D eigenvalue weighted by Crippen LogP contribution is 2.26. The molecule has 8 heteroatoms. The quantitative estimate of drug-likeness (QED) is 0.523. The summed E-state index contributed by atoms with van der Waals surface area (Å²) in [6.07, 6.45) is -0.392. The first kappa shape index (κ1) is 16.9. The molecule has 1 atom stereocenters. The molecule has 1 N–H and O–H groups in total. The van der Waals surface area contributed by atoms with Crippen LogP contribution in [0.25, 0.3) is 0 Å². The van der Waals surface area contributed by atoms with E-state index in [1.807, 2.05) is 0 Å². The lowest BCUT2D eigenvalue weighted by Crippen LogP contribution is -2.35. The van der Waals surface area contributed by atoms with Gasteiger partial charge in [-0.1, -0.05) is 11.6 Å². The van der Waals surface area contributed by atoms with Crippen LogP contribution in [0.5, 0.6) is 0 Å². The lowest BCUT2D eigenvalue weighted by atomic mass is 10.1. The molecule has 0 saturated heterocycles. The summed E-state index contributed by atoms with van der Waals surface area (Å²) >= 11 is 5.92. The first-order chi connectivity index (χ1) is 9.64. The molecule has 1 amide bonds. The van der Waals surface area contributed by atoms with Crippen molar-refractivity contribution in [3.63, 3.8) is 0 Å². The summed E-state index contributed by atoms with van der Waals surface area (Å²) < 4.78 is 5.02. The molecule has 0 spiro atoms. The highest BCUT2D eigenvalue weighted by molar-refractivity contribution is 6.31. The topological polar surface area (TPSA) is 98.5 Å². The SMILES string of the molecule is CC(C)(C)OC(=O)NC(C=O)c1cc([N+](=O)[O-])ccc1Cl. The van der Waals surface area contributed by atoms with Crippen LogP contribution in [-0.4, -0.2) is 22.9 Å². The van der Waals surface area contributed by atoms with Gasteiger partial charge in [0.2, 0.25) is 0 Å². The number of aldehydes is 1. The van der Waals surface area contributed by atoms with Gasteiger partial charge < -0.3 is 14.8 Å². The summed E-state index contributed by atoms with van der Waals surface area (Å²) in [6.45, 7) is 5.01. The first-order valence-corrected chi connectivity index (χ1v) is 6.40. The maximum absolute atomic E-state index is 11.7. The molecule has 0 aliphatic rings. The van der Waals surface area contributed by atoms with E-state index < -0.39 is 22.7 Å². The van der Waals surface area contributed by atoms with Crippen molar-refractivity contribution >= 4 is 29.7 Å². The zero-order chi connectivity index (χ0) is 16.2. The van der Waals surface area contributed by atoms with Crippen LogP contribution in [0.4, 0.5) is 10.5 Å². The summed E-state index contributed by atoms with van der Waals surface area (Å²) in [5, 5.41) is 13.2. The number of non-ortho nitro benzene ring substituents is 1. The number of hydrogen-bond donors (Lipinski definition) is 1. The zero-order valence-corrected chi connectivity index (χ0v) is 12.5. The van der Waals surface area contributed by atoms with Gasteiger partial charge in [0.05, 0.1) is 4.92 Å². The van der Waals surface area contributed by atoms with Gasteiger partial charge in [-0.15, -0.1) is 0 Å². The van der Waals surface area contributed by atoms with Gasteiger partial charge >= 0.3 is 6.09 Å². The third-order valence-electron chi connectivity index (χ3n) is 2.33. The van der Waals surface area contributed by atoms with E-state index in [0.717, 1.165) is 6.07 Å². The van der Waals surface area contributed by atoms with Gasteiger partial charge in [-0.2, -0.15) is 0 Å². The summed E-state index contributed by atoms with van der Waals surface area (Å²) in [5.74, 6) is 0. The number of rotatable bonds is 4. The fourth-order valence-electron chi connectivity index (χ4n) is 1.50. The minimum absolute atomic E-state index is 0.131. The van der Waals surface area contributed by atoms with E-state index in [9.17, 15) is 19.7 Å². The van der Waals surface area contributed by atoms with E-state index in [1.165, 1.54) is 12.1 Å². The molecule has 0 bridgehead atoms. The lowest BCUT2D eigenvalue weighted by Gasteiger charge is -2.21. The zero-order valence-electron chi connectivity index (χ0n) is 11.8. The van der Waals surface area contributed by atoms with Gasteiger partial charge in [0, 0.05) is 22.7 Å². The molecule has 1 aromatic rings. The Labute approximate surface area is 126 Å². The highest BCUT2D eigenvalue weighted by Gasteiger charge is 2.23. The largest absolute Gasteiger partial charge is 0.444 e. The predicted octanol–water partition coefficient (Wildman–Crippen LogP) is 3.01. The van der Waals surface area contributed by atoms with E-state index in [-0.39, 0.29) is 16.3 Å². The molecule has 0 saturated carbocycles. The van der Waals surface area contributed by atoms with E-state index in [0.29, 0.717) is 6.29 Å². The van der Waals surface area contributed by atoms with Crippen LogP contribution in [-0.2, 0) is 9.53 Å². The molecule has 0 radical (unpaired) electrons. The molecule has 1 unspecified atom stereocenters. The Morgan fingerprint density at radius 2 is 2.10 bits per heavy atom.